The van der Waals surface area contributed by atoms with Crippen molar-refractivity contribution in [1.82, 2.24) is 15.2 Å². The third kappa shape index (κ3) is 3.82. The summed E-state index contributed by atoms with van der Waals surface area (Å²) < 4.78 is 1.29. The maximum absolute atomic E-state index is 4.53. The van der Waals surface area contributed by atoms with Crippen LogP contribution in [0.3, 0.4) is 0 Å². The van der Waals surface area contributed by atoms with Gasteiger partial charge in [0, 0.05) is 12.2 Å². The lowest BCUT2D eigenvalue weighted by molar-refractivity contribution is 0.211. The van der Waals surface area contributed by atoms with Crippen LogP contribution in [0, 0.1) is 5.92 Å². The van der Waals surface area contributed by atoms with Crippen LogP contribution in [-0.2, 0) is 0 Å². The number of hydrogen-bond acceptors (Lipinski definition) is 4. The number of hydrogen-bond donors (Lipinski definition) is 1. The largest absolute Gasteiger partial charge is 0.310 e. The van der Waals surface area contributed by atoms with Gasteiger partial charge in [-0.2, -0.15) is 0 Å². The van der Waals surface area contributed by atoms with Crippen LogP contribution in [0.5, 0.6) is 0 Å². The van der Waals surface area contributed by atoms with Gasteiger partial charge in [0.25, 0.3) is 0 Å². The molecule has 2 aromatic heterocycles. The van der Waals surface area contributed by atoms with E-state index >= 15 is 0 Å². The molecule has 1 atom stereocenters. The number of piperidine rings is 1. The summed E-state index contributed by atoms with van der Waals surface area (Å²) >= 11 is 1.77. The first-order valence-electron chi connectivity index (χ1n) is 7.97. The molecule has 0 spiro atoms. The van der Waals surface area contributed by atoms with E-state index in [9.17, 15) is 0 Å². The Morgan fingerprint density at radius 3 is 3.05 bits per heavy atom. The standard InChI is InChI=1S/C17H25N3S/c1-13(15-11-17-16(19-12-15)6-10-21-17)18-7-3-14-4-8-20(2)9-5-14/h6,10-14,18H,3-5,7-9H2,1-2H3. The molecule has 3 rings (SSSR count). The number of nitrogens with one attached hydrogen (secondary N) is 1. The first-order valence-corrected chi connectivity index (χ1v) is 8.85. The van der Waals surface area contributed by atoms with Gasteiger partial charge < -0.3 is 10.2 Å². The van der Waals surface area contributed by atoms with E-state index < -0.39 is 0 Å². The Morgan fingerprint density at radius 1 is 1.43 bits per heavy atom. The number of fused-ring (bicyclic) bond motifs is 1. The molecule has 0 aromatic carbocycles. The van der Waals surface area contributed by atoms with Crippen LogP contribution in [0.25, 0.3) is 10.2 Å². The molecule has 0 amide bonds. The quantitative estimate of drug-likeness (QED) is 0.913. The molecule has 21 heavy (non-hydrogen) atoms. The van der Waals surface area contributed by atoms with E-state index in [4.69, 9.17) is 0 Å². The van der Waals surface area contributed by atoms with Gasteiger partial charge in [-0.3, -0.25) is 4.98 Å². The Bertz CT molecular complexity index is 572. The van der Waals surface area contributed by atoms with Crippen LogP contribution in [0.15, 0.2) is 23.7 Å². The second kappa shape index (κ2) is 6.86. The molecule has 1 unspecified atom stereocenters. The summed E-state index contributed by atoms with van der Waals surface area (Å²) in [5.74, 6) is 0.902. The predicted molar refractivity (Wildman–Crippen MR) is 90.9 cm³/mol. The van der Waals surface area contributed by atoms with Gasteiger partial charge in [0.15, 0.2) is 0 Å². The second-order valence-electron chi connectivity index (χ2n) is 6.28. The summed E-state index contributed by atoms with van der Waals surface area (Å²) in [5.41, 5.74) is 2.41. The summed E-state index contributed by atoms with van der Waals surface area (Å²) in [6.07, 6.45) is 6.03. The summed E-state index contributed by atoms with van der Waals surface area (Å²) in [5, 5.41) is 5.78. The zero-order chi connectivity index (χ0) is 14.7. The van der Waals surface area contributed by atoms with E-state index in [1.54, 1.807) is 11.3 Å². The van der Waals surface area contributed by atoms with Gasteiger partial charge in [0.2, 0.25) is 0 Å². The van der Waals surface area contributed by atoms with Gasteiger partial charge >= 0.3 is 0 Å². The number of thiophene rings is 1. The van der Waals surface area contributed by atoms with E-state index in [0.29, 0.717) is 6.04 Å². The molecule has 0 aliphatic carbocycles. The lowest BCUT2D eigenvalue weighted by atomic mass is 9.94. The maximum atomic E-state index is 4.53. The van der Waals surface area contributed by atoms with Crippen LogP contribution < -0.4 is 5.32 Å². The summed E-state index contributed by atoms with van der Waals surface area (Å²) in [7, 11) is 2.23. The van der Waals surface area contributed by atoms with Crippen molar-refractivity contribution < 1.29 is 0 Å². The molecule has 0 bridgehead atoms. The Morgan fingerprint density at radius 2 is 2.24 bits per heavy atom. The summed E-state index contributed by atoms with van der Waals surface area (Å²) in [4.78, 5) is 6.97. The first kappa shape index (κ1) is 14.9. The molecule has 3 nitrogen and oxygen atoms in total. The zero-order valence-corrected chi connectivity index (χ0v) is 13.8. The molecule has 4 heteroatoms. The number of likely N-dealkylation sites (tertiary alicyclic amines) is 1. The molecule has 3 heterocycles. The Balaban J connectivity index is 1.48. The number of pyridine rings is 1. The fourth-order valence-corrected chi connectivity index (χ4v) is 3.86. The second-order valence-corrected chi connectivity index (χ2v) is 7.23. The molecule has 1 saturated heterocycles. The SMILES string of the molecule is CC(NCCC1CCN(C)CC1)c1cnc2ccsc2c1. The van der Waals surface area contributed by atoms with Crippen molar-refractivity contribution in [2.45, 2.75) is 32.2 Å². The van der Waals surface area contributed by atoms with Gasteiger partial charge in [0.05, 0.1) is 10.2 Å². The van der Waals surface area contributed by atoms with Crippen LogP contribution in [0.2, 0.25) is 0 Å². The van der Waals surface area contributed by atoms with Crippen LogP contribution in [-0.4, -0.2) is 36.6 Å². The monoisotopic (exact) mass is 303 g/mol. The number of nitrogens with zero attached hydrogens (tertiary/aromatic N) is 2. The average Bonchev–Trinajstić information content (AvgIpc) is 2.96. The highest BCUT2D eigenvalue weighted by molar-refractivity contribution is 7.17. The van der Waals surface area contributed by atoms with Gasteiger partial charge in [-0.1, -0.05) is 0 Å². The Labute approximate surface area is 131 Å². The predicted octanol–water partition coefficient (Wildman–Crippen LogP) is 3.68. The van der Waals surface area contributed by atoms with E-state index in [0.717, 1.165) is 18.0 Å². The van der Waals surface area contributed by atoms with Gasteiger partial charge in [-0.15, -0.1) is 11.3 Å². The van der Waals surface area contributed by atoms with Crippen molar-refractivity contribution in [2.75, 3.05) is 26.7 Å². The van der Waals surface area contributed by atoms with Crippen LogP contribution in [0.1, 0.15) is 37.8 Å². The average molecular weight is 303 g/mol. The molecule has 1 aliphatic heterocycles. The zero-order valence-electron chi connectivity index (χ0n) is 13.0. The Kier molecular flexibility index (Phi) is 4.88. The molecule has 1 aliphatic rings. The van der Waals surface area contributed by atoms with Crippen molar-refractivity contribution in [3.63, 3.8) is 0 Å². The third-order valence-electron chi connectivity index (χ3n) is 4.67. The minimum Gasteiger partial charge on any atom is -0.310 e. The topological polar surface area (TPSA) is 28.2 Å². The minimum atomic E-state index is 0.385. The number of rotatable bonds is 5. The molecule has 0 saturated carbocycles. The summed E-state index contributed by atoms with van der Waals surface area (Å²) in [6.45, 7) is 5.88. The fraction of sp³-hybridized carbons (Fsp3) is 0.588. The van der Waals surface area contributed by atoms with E-state index in [2.05, 4.69) is 46.7 Å². The lowest BCUT2D eigenvalue weighted by Gasteiger charge is -2.29. The molecular formula is C17H25N3S. The van der Waals surface area contributed by atoms with Gasteiger partial charge in [-0.05, 0) is 81.9 Å². The summed E-state index contributed by atoms with van der Waals surface area (Å²) in [6, 6.07) is 4.75. The first-order chi connectivity index (χ1) is 10.2. The van der Waals surface area contributed by atoms with E-state index in [1.165, 1.54) is 42.6 Å². The minimum absolute atomic E-state index is 0.385. The Hall–Kier alpha value is -0.970. The van der Waals surface area contributed by atoms with Crippen LogP contribution in [0.4, 0.5) is 0 Å². The third-order valence-corrected chi connectivity index (χ3v) is 5.52. The highest BCUT2D eigenvalue weighted by Gasteiger charge is 2.16. The van der Waals surface area contributed by atoms with Crippen molar-refractivity contribution in [3.8, 4) is 0 Å². The maximum Gasteiger partial charge on any atom is 0.0809 e. The highest BCUT2D eigenvalue weighted by atomic mass is 32.1. The van der Waals surface area contributed by atoms with Crippen molar-refractivity contribution >= 4 is 21.6 Å². The molecule has 0 radical (unpaired) electrons. The van der Waals surface area contributed by atoms with Gasteiger partial charge in [-0.25, -0.2) is 0 Å². The van der Waals surface area contributed by atoms with Gasteiger partial charge in [0.1, 0.15) is 0 Å². The molecule has 114 valence electrons. The number of aromatic nitrogens is 1. The van der Waals surface area contributed by atoms with Crippen molar-refractivity contribution in [2.24, 2.45) is 5.92 Å². The smallest absolute Gasteiger partial charge is 0.0809 e. The van der Waals surface area contributed by atoms with Crippen molar-refractivity contribution in [1.29, 1.82) is 0 Å². The van der Waals surface area contributed by atoms with E-state index in [1.807, 2.05) is 6.20 Å². The van der Waals surface area contributed by atoms with E-state index in [-0.39, 0.29) is 0 Å². The normalized spacial score (nSPS) is 19.1. The molecule has 1 fully saturated rings. The lowest BCUT2D eigenvalue weighted by Crippen LogP contribution is -2.32. The highest BCUT2D eigenvalue weighted by Crippen LogP contribution is 2.23. The van der Waals surface area contributed by atoms with Crippen molar-refractivity contribution in [3.05, 3.63) is 29.3 Å². The fourth-order valence-electron chi connectivity index (χ4n) is 3.07. The van der Waals surface area contributed by atoms with Crippen LogP contribution >= 0.6 is 11.3 Å². The molecular weight excluding hydrogens is 278 g/mol. The molecule has 2 aromatic rings. The molecule has 1 N–H and O–H groups in total.